The molecule has 0 aliphatic carbocycles. The molecule has 2 aromatic rings. The number of aliphatic hydroxyl groups is 1. The third kappa shape index (κ3) is 4.30. The van der Waals surface area contributed by atoms with Gasteiger partial charge in [0.15, 0.2) is 0 Å². The Morgan fingerprint density at radius 2 is 1.95 bits per heavy atom. The van der Waals surface area contributed by atoms with Gasteiger partial charge in [0.25, 0.3) is 0 Å². The van der Waals surface area contributed by atoms with Gasteiger partial charge >= 0.3 is 0 Å². The van der Waals surface area contributed by atoms with Crippen LogP contribution >= 0.6 is 46.4 Å². The fraction of sp³-hybridized carbons (Fsp3) is 0.400. The normalized spacial score (nSPS) is 13.4. The number of alkyl halides is 3. The van der Waals surface area contributed by atoms with Crippen LogP contribution in [0.15, 0.2) is 24.3 Å². The second-order valence-corrected chi connectivity index (χ2v) is 7.63. The minimum Gasteiger partial charge on any atom is -0.491 e. The van der Waals surface area contributed by atoms with Gasteiger partial charge in [-0.15, -0.1) is 0 Å². The van der Waals surface area contributed by atoms with E-state index in [-0.39, 0.29) is 6.42 Å². The zero-order valence-electron chi connectivity index (χ0n) is 11.8. The molecular formula is C15H15Cl4NO2. The molecule has 0 fully saturated rings. The summed E-state index contributed by atoms with van der Waals surface area (Å²) in [6.07, 6.45) is -0.149. The van der Waals surface area contributed by atoms with Crippen molar-refractivity contribution in [3.63, 3.8) is 0 Å². The zero-order valence-corrected chi connectivity index (χ0v) is 14.8. The summed E-state index contributed by atoms with van der Waals surface area (Å²) in [5.41, 5.74) is 1.23. The number of pyridine rings is 1. The van der Waals surface area contributed by atoms with E-state index < -0.39 is 9.90 Å². The molecule has 1 heterocycles. The first-order valence-electron chi connectivity index (χ1n) is 6.78. The quantitative estimate of drug-likeness (QED) is 0.743. The number of rotatable bonds is 5. The maximum absolute atomic E-state index is 9.88. The molecule has 7 heteroatoms. The zero-order chi connectivity index (χ0) is 16.3. The number of nitrogens with zero attached hydrogens (tertiary/aromatic N) is 1. The van der Waals surface area contributed by atoms with Gasteiger partial charge in [0, 0.05) is 17.5 Å². The molecule has 0 bridgehead atoms. The fourth-order valence-corrected chi connectivity index (χ4v) is 2.40. The molecular weight excluding hydrogens is 368 g/mol. The van der Waals surface area contributed by atoms with Crippen molar-refractivity contribution in [1.82, 2.24) is 4.98 Å². The Bertz CT molecular complexity index is 658. The highest BCUT2D eigenvalue weighted by molar-refractivity contribution is 6.68. The van der Waals surface area contributed by atoms with Gasteiger partial charge in [0.1, 0.15) is 17.4 Å². The molecule has 0 unspecified atom stereocenters. The van der Waals surface area contributed by atoms with Gasteiger partial charge in [-0.2, -0.15) is 0 Å². The molecule has 1 aromatic heterocycles. The molecule has 2 rings (SSSR count). The van der Waals surface area contributed by atoms with Gasteiger partial charge < -0.3 is 9.84 Å². The molecule has 0 radical (unpaired) electrons. The largest absolute Gasteiger partial charge is 0.491 e. The van der Waals surface area contributed by atoms with Gasteiger partial charge in [-0.1, -0.05) is 53.3 Å². The lowest BCUT2D eigenvalue weighted by molar-refractivity contribution is 0.178. The summed E-state index contributed by atoms with van der Waals surface area (Å²) in [5.74, 6) is 0.645. The van der Waals surface area contributed by atoms with E-state index in [9.17, 15) is 5.11 Å². The van der Waals surface area contributed by atoms with Gasteiger partial charge in [-0.25, -0.2) is 4.98 Å². The van der Waals surface area contributed by atoms with Crippen LogP contribution in [-0.4, -0.2) is 26.6 Å². The summed E-state index contributed by atoms with van der Waals surface area (Å²) in [4.78, 5) is 4.50. The van der Waals surface area contributed by atoms with Crippen molar-refractivity contribution in [2.75, 3.05) is 6.61 Å². The highest BCUT2D eigenvalue weighted by atomic mass is 35.6. The van der Waals surface area contributed by atoms with E-state index in [0.29, 0.717) is 28.6 Å². The van der Waals surface area contributed by atoms with Crippen LogP contribution in [0.1, 0.15) is 19.0 Å². The Morgan fingerprint density at radius 1 is 1.23 bits per heavy atom. The lowest BCUT2D eigenvalue weighted by Crippen LogP contribution is -2.27. The SMILES string of the molecule is CCCOc1ccc(Cl)c2ccc(C[C@@H](O)C(Cl)(Cl)Cl)nc12. The van der Waals surface area contributed by atoms with Crippen LogP contribution in [0.2, 0.25) is 5.02 Å². The number of benzene rings is 1. The maximum atomic E-state index is 9.88. The minimum absolute atomic E-state index is 0.117. The number of hydrogen-bond donors (Lipinski definition) is 1. The van der Waals surface area contributed by atoms with Crippen LogP contribution in [-0.2, 0) is 6.42 Å². The summed E-state index contributed by atoms with van der Waals surface area (Å²) < 4.78 is 3.93. The van der Waals surface area contributed by atoms with Gasteiger partial charge in [0.05, 0.1) is 11.6 Å². The van der Waals surface area contributed by atoms with Gasteiger partial charge in [-0.3, -0.25) is 0 Å². The predicted octanol–water partition coefficient (Wildman–Crippen LogP) is 4.95. The minimum atomic E-state index is -1.76. The molecule has 1 atom stereocenters. The standard InChI is InChI=1S/C15H15Cl4NO2/c1-2-7-22-12-6-5-11(16)10-4-3-9(20-14(10)12)8-13(21)15(17,18)19/h3-6,13,21H,2,7-8H2,1H3/t13-/m1/s1. The monoisotopic (exact) mass is 381 g/mol. The van der Waals surface area contributed by atoms with Crippen LogP contribution in [0.3, 0.4) is 0 Å². The summed E-state index contributed by atoms with van der Waals surface area (Å²) >= 11 is 23.2. The van der Waals surface area contributed by atoms with E-state index in [1.807, 2.05) is 13.0 Å². The van der Waals surface area contributed by atoms with Gasteiger partial charge in [-0.05, 0) is 30.7 Å². The summed E-state index contributed by atoms with van der Waals surface area (Å²) in [6.45, 7) is 2.60. The molecule has 0 aliphatic rings. The molecule has 120 valence electrons. The van der Waals surface area contributed by atoms with Crippen LogP contribution in [0.4, 0.5) is 0 Å². The number of aromatic nitrogens is 1. The summed E-state index contributed by atoms with van der Waals surface area (Å²) in [5, 5.41) is 11.2. The van der Waals surface area contributed by atoms with Crippen molar-refractivity contribution in [1.29, 1.82) is 0 Å². The molecule has 22 heavy (non-hydrogen) atoms. The number of aliphatic hydroxyl groups excluding tert-OH is 1. The Morgan fingerprint density at radius 3 is 2.59 bits per heavy atom. The van der Waals surface area contributed by atoms with E-state index in [2.05, 4.69) is 4.98 Å². The van der Waals surface area contributed by atoms with E-state index in [1.54, 1.807) is 18.2 Å². The number of halogens is 4. The Labute approximate surface area is 149 Å². The topological polar surface area (TPSA) is 42.4 Å². The highest BCUT2D eigenvalue weighted by Crippen LogP contribution is 2.33. The number of fused-ring (bicyclic) bond motifs is 1. The predicted molar refractivity (Wildman–Crippen MR) is 92.5 cm³/mol. The average molecular weight is 383 g/mol. The van der Waals surface area contributed by atoms with E-state index in [4.69, 9.17) is 51.1 Å². The second kappa shape index (κ2) is 7.41. The van der Waals surface area contributed by atoms with Crippen molar-refractivity contribution < 1.29 is 9.84 Å². The highest BCUT2D eigenvalue weighted by Gasteiger charge is 2.31. The van der Waals surface area contributed by atoms with Crippen molar-refractivity contribution in [3.8, 4) is 5.75 Å². The number of hydrogen-bond acceptors (Lipinski definition) is 3. The van der Waals surface area contributed by atoms with Crippen LogP contribution < -0.4 is 4.74 Å². The molecule has 0 saturated heterocycles. The lowest BCUT2D eigenvalue weighted by atomic mass is 10.1. The maximum Gasteiger partial charge on any atom is 0.216 e. The van der Waals surface area contributed by atoms with Crippen molar-refractivity contribution >= 4 is 57.3 Å². The van der Waals surface area contributed by atoms with Crippen LogP contribution in [0, 0.1) is 0 Å². The van der Waals surface area contributed by atoms with Crippen LogP contribution in [0.25, 0.3) is 10.9 Å². The first-order chi connectivity index (χ1) is 10.3. The van der Waals surface area contributed by atoms with Crippen molar-refractivity contribution in [2.24, 2.45) is 0 Å². The third-order valence-electron chi connectivity index (χ3n) is 3.07. The van der Waals surface area contributed by atoms with E-state index in [0.717, 1.165) is 11.8 Å². The summed E-state index contributed by atoms with van der Waals surface area (Å²) in [6, 6.07) is 7.12. The molecule has 0 aliphatic heterocycles. The first kappa shape index (κ1) is 17.9. The van der Waals surface area contributed by atoms with Crippen molar-refractivity contribution in [3.05, 3.63) is 35.0 Å². The summed E-state index contributed by atoms with van der Waals surface area (Å²) in [7, 11) is 0. The second-order valence-electron chi connectivity index (χ2n) is 4.85. The third-order valence-corrected chi connectivity index (χ3v) is 4.15. The van der Waals surface area contributed by atoms with Gasteiger partial charge in [0.2, 0.25) is 3.79 Å². The Balaban J connectivity index is 2.39. The molecule has 1 N–H and O–H groups in total. The fourth-order valence-electron chi connectivity index (χ4n) is 1.95. The molecule has 1 aromatic carbocycles. The van der Waals surface area contributed by atoms with E-state index in [1.165, 1.54) is 0 Å². The average Bonchev–Trinajstić information content (AvgIpc) is 2.45. The number of ether oxygens (including phenoxy) is 1. The van der Waals surface area contributed by atoms with Crippen molar-refractivity contribution in [2.45, 2.75) is 29.7 Å². The molecule has 0 saturated carbocycles. The van der Waals surface area contributed by atoms with Crippen LogP contribution in [0.5, 0.6) is 5.75 Å². The van der Waals surface area contributed by atoms with E-state index >= 15 is 0 Å². The molecule has 3 nitrogen and oxygen atoms in total. The smallest absolute Gasteiger partial charge is 0.216 e. The molecule has 0 amide bonds. The lowest BCUT2D eigenvalue weighted by Gasteiger charge is -2.18. The molecule has 0 spiro atoms. The Kier molecular flexibility index (Phi) is 6.03. The Hall–Kier alpha value is -0.450. The first-order valence-corrected chi connectivity index (χ1v) is 8.29.